The lowest BCUT2D eigenvalue weighted by molar-refractivity contribution is -0.135. The minimum Gasteiger partial charge on any atom is -0.508 e. The van der Waals surface area contributed by atoms with Crippen LogP contribution < -0.4 is 0 Å². The third-order valence-corrected chi connectivity index (χ3v) is 9.54. The molecule has 0 amide bonds. The maximum Gasteiger partial charge on any atom is 0.389 e. The summed E-state index contributed by atoms with van der Waals surface area (Å²) in [5.41, 5.74) is 5.91. The molecule has 9 heteroatoms. The molecule has 2 aromatic carbocycles. The van der Waals surface area contributed by atoms with Gasteiger partial charge in [0.05, 0.1) is 11.5 Å². The largest absolute Gasteiger partial charge is 0.508 e. The molecule has 0 bridgehead atoms. The molecule has 228 valence electrons. The van der Waals surface area contributed by atoms with Crippen molar-refractivity contribution in [3.05, 3.63) is 65.0 Å². The second-order valence-electron chi connectivity index (χ2n) is 11.2. The zero-order chi connectivity index (χ0) is 29.9. The number of hydrogen-bond acceptors (Lipinski definition) is 4. The molecule has 0 saturated carbocycles. The third kappa shape index (κ3) is 11.8. The average Bonchev–Trinajstić information content (AvgIpc) is 3.07. The molecule has 41 heavy (non-hydrogen) atoms. The molecule has 0 spiro atoms. The number of benzene rings is 2. The highest BCUT2D eigenvalue weighted by atomic mass is 32.2. The summed E-state index contributed by atoms with van der Waals surface area (Å²) >= 11 is 0. The first kappa shape index (κ1) is 33.1. The molecule has 4 nitrogen and oxygen atoms in total. The Morgan fingerprint density at radius 2 is 1.54 bits per heavy atom. The summed E-state index contributed by atoms with van der Waals surface area (Å²) in [6.45, 7) is 1.50. The predicted molar refractivity (Wildman–Crippen MR) is 158 cm³/mol. The van der Waals surface area contributed by atoms with E-state index in [1.807, 2.05) is 31.3 Å². The molecule has 2 aromatic rings. The first-order valence-corrected chi connectivity index (χ1v) is 16.5. The number of aryl methyl sites for hydroxylation is 1. The molecule has 0 aliphatic heterocycles. The summed E-state index contributed by atoms with van der Waals surface area (Å²) in [4.78, 5) is 2.11. The van der Waals surface area contributed by atoms with Gasteiger partial charge in [-0.05, 0) is 130 Å². The van der Waals surface area contributed by atoms with Crippen molar-refractivity contribution in [1.82, 2.24) is 4.90 Å². The highest BCUT2D eigenvalue weighted by molar-refractivity contribution is 7.91. The Morgan fingerprint density at radius 1 is 0.854 bits per heavy atom. The maximum atomic E-state index is 13.6. The summed E-state index contributed by atoms with van der Waals surface area (Å²) in [5, 5.41) is 10.0. The summed E-state index contributed by atoms with van der Waals surface area (Å²) in [5.74, 6) is -0.149. The molecule has 0 heterocycles. The van der Waals surface area contributed by atoms with E-state index in [-0.39, 0.29) is 35.9 Å². The number of nitrogens with zero attached hydrogens (tertiary/aromatic N) is 1. The van der Waals surface area contributed by atoms with Crippen LogP contribution >= 0.6 is 0 Å². The van der Waals surface area contributed by atoms with Crippen LogP contribution in [-0.2, 0) is 16.3 Å². The topological polar surface area (TPSA) is 57.6 Å². The molecule has 1 aliphatic carbocycles. The Morgan fingerprint density at radius 3 is 2.27 bits per heavy atom. The Bertz CT molecular complexity index is 1240. The minimum atomic E-state index is -4.23. The molecule has 0 radical (unpaired) electrons. The van der Waals surface area contributed by atoms with E-state index >= 15 is 0 Å². The van der Waals surface area contributed by atoms with Gasteiger partial charge in [0.2, 0.25) is 0 Å². The van der Waals surface area contributed by atoms with Crippen LogP contribution in [0.5, 0.6) is 5.75 Å². The van der Waals surface area contributed by atoms with E-state index in [2.05, 4.69) is 4.90 Å². The predicted octanol–water partition coefficient (Wildman–Crippen LogP) is 8.20. The van der Waals surface area contributed by atoms with E-state index in [0.717, 1.165) is 69.0 Å². The first-order valence-electron chi connectivity index (χ1n) is 14.7. The van der Waals surface area contributed by atoms with Gasteiger partial charge in [-0.3, -0.25) is 0 Å². The number of hydrogen-bond donors (Lipinski definition) is 1. The molecular weight excluding hydrogens is 554 g/mol. The van der Waals surface area contributed by atoms with Crippen LogP contribution in [-0.4, -0.2) is 56.2 Å². The Balaban J connectivity index is 1.43. The van der Waals surface area contributed by atoms with Gasteiger partial charge < -0.3 is 10.0 Å². The highest BCUT2D eigenvalue weighted by Gasteiger charge is 2.26. The van der Waals surface area contributed by atoms with Crippen LogP contribution in [0.2, 0.25) is 0 Å². The van der Waals surface area contributed by atoms with Gasteiger partial charge in [-0.1, -0.05) is 31.0 Å². The van der Waals surface area contributed by atoms with Crippen LogP contribution in [0.25, 0.3) is 11.1 Å². The first-order chi connectivity index (χ1) is 19.4. The zero-order valence-corrected chi connectivity index (χ0v) is 24.8. The van der Waals surface area contributed by atoms with Crippen molar-refractivity contribution >= 4 is 21.0 Å². The van der Waals surface area contributed by atoms with Crippen molar-refractivity contribution in [2.45, 2.75) is 83.2 Å². The van der Waals surface area contributed by atoms with Crippen molar-refractivity contribution in [1.29, 1.82) is 0 Å². The number of halogens is 4. The Labute approximate surface area is 242 Å². The SMILES string of the molecule is CN(CCCCCCC1=C(c2ccc(F)cc2)CCCc2cc(O)ccc21)CCCS(=O)(=O)CCCCC(F)(F)F. The van der Waals surface area contributed by atoms with Crippen molar-refractivity contribution in [3.8, 4) is 5.75 Å². The minimum absolute atomic E-state index is 0.00804. The van der Waals surface area contributed by atoms with Gasteiger partial charge in [-0.15, -0.1) is 0 Å². The molecule has 1 aliphatic rings. The molecule has 3 rings (SSSR count). The third-order valence-electron chi connectivity index (χ3n) is 7.72. The van der Waals surface area contributed by atoms with Gasteiger partial charge in [0, 0.05) is 6.42 Å². The van der Waals surface area contributed by atoms with Gasteiger partial charge in [0.1, 0.15) is 21.4 Å². The fraction of sp³-hybridized carbons (Fsp3) is 0.562. The van der Waals surface area contributed by atoms with E-state index in [1.54, 1.807) is 6.07 Å². The smallest absolute Gasteiger partial charge is 0.389 e. The molecule has 0 fully saturated rings. The normalized spacial score (nSPS) is 14.4. The van der Waals surface area contributed by atoms with Crippen LogP contribution in [0.1, 0.15) is 87.3 Å². The van der Waals surface area contributed by atoms with Crippen LogP contribution in [0.15, 0.2) is 42.5 Å². The monoisotopic (exact) mass is 597 g/mol. The lowest BCUT2D eigenvalue weighted by Crippen LogP contribution is -2.23. The quantitative estimate of drug-likeness (QED) is 0.157. The Kier molecular flexibility index (Phi) is 12.7. The average molecular weight is 598 g/mol. The lowest BCUT2D eigenvalue weighted by Gasteiger charge is -2.17. The molecular formula is C32H43F4NO3S. The molecule has 0 saturated heterocycles. The summed E-state index contributed by atoms with van der Waals surface area (Å²) < 4.78 is 74.5. The second kappa shape index (κ2) is 15.7. The number of aromatic hydroxyl groups is 1. The number of unbranched alkanes of at least 4 members (excludes halogenated alkanes) is 4. The molecule has 0 atom stereocenters. The fourth-order valence-electron chi connectivity index (χ4n) is 5.56. The van der Waals surface area contributed by atoms with Crippen molar-refractivity contribution < 1.29 is 31.1 Å². The van der Waals surface area contributed by atoms with Crippen LogP contribution in [0.4, 0.5) is 17.6 Å². The van der Waals surface area contributed by atoms with E-state index in [1.165, 1.54) is 28.8 Å². The van der Waals surface area contributed by atoms with Crippen molar-refractivity contribution in [2.75, 3.05) is 31.6 Å². The van der Waals surface area contributed by atoms with E-state index in [9.17, 15) is 31.1 Å². The zero-order valence-electron chi connectivity index (χ0n) is 24.0. The standard InChI is InChI=1S/C32H43F4NO3S/c1-37(21-9-23-41(39,40)22-7-5-19-32(34,35)36)20-6-3-2-4-11-31-29(25-13-15-27(33)16-14-25)12-8-10-26-24-28(38)17-18-30(26)31/h13-18,24,38H,2-12,19-23H2,1H3. The summed E-state index contributed by atoms with van der Waals surface area (Å²) in [7, 11) is -1.36. The lowest BCUT2D eigenvalue weighted by atomic mass is 9.89. The number of fused-ring (bicyclic) bond motifs is 1. The van der Waals surface area contributed by atoms with Gasteiger partial charge in [0.25, 0.3) is 0 Å². The van der Waals surface area contributed by atoms with Gasteiger partial charge in [-0.25, -0.2) is 12.8 Å². The van der Waals surface area contributed by atoms with E-state index in [4.69, 9.17) is 0 Å². The van der Waals surface area contributed by atoms with Crippen LogP contribution in [0, 0.1) is 5.82 Å². The second-order valence-corrected chi connectivity index (χ2v) is 13.5. The number of sulfone groups is 1. The number of rotatable bonds is 16. The molecule has 1 N–H and O–H groups in total. The van der Waals surface area contributed by atoms with Gasteiger partial charge >= 0.3 is 6.18 Å². The van der Waals surface area contributed by atoms with E-state index in [0.29, 0.717) is 13.0 Å². The van der Waals surface area contributed by atoms with Crippen molar-refractivity contribution in [3.63, 3.8) is 0 Å². The van der Waals surface area contributed by atoms with Crippen LogP contribution in [0.3, 0.4) is 0 Å². The maximum absolute atomic E-state index is 13.6. The summed E-state index contributed by atoms with van der Waals surface area (Å²) in [6, 6.07) is 12.3. The van der Waals surface area contributed by atoms with Gasteiger partial charge in [-0.2, -0.15) is 13.2 Å². The number of alkyl halides is 3. The van der Waals surface area contributed by atoms with Gasteiger partial charge in [0.15, 0.2) is 0 Å². The Hall–Kier alpha value is -2.39. The molecule has 0 aromatic heterocycles. The number of phenolic OH excluding ortho intramolecular Hbond substituents is 1. The van der Waals surface area contributed by atoms with Crippen molar-refractivity contribution in [2.24, 2.45) is 0 Å². The number of allylic oxidation sites excluding steroid dienone is 2. The fourth-order valence-corrected chi connectivity index (χ4v) is 6.98. The molecule has 0 unspecified atom stereocenters. The van der Waals surface area contributed by atoms with E-state index < -0.39 is 22.4 Å². The number of phenols is 1. The highest BCUT2D eigenvalue weighted by Crippen LogP contribution is 2.39. The summed E-state index contributed by atoms with van der Waals surface area (Å²) in [6.07, 6.45) is 2.99.